The van der Waals surface area contributed by atoms with Crippen molar-refractivity contribution in [3.8, 4) is 0 Å². The van der Waals surface area contributed by atoms with E-state index in [2.05, 4.69) is 24.1 Å². The second kappa shape index (κ2) is 5.87. The first-order valence-electron chi connectivity index (χ1n) is 7.63. The molecule has 110 valence electrons. The van der Waals surface area contributed by atoms with Crippen LogP contribution in [-0.2, 0) is 20.7 Å². The highest BCUT2D eigenvalue weighted by molar-refractivity contribution is 5.70. The van der Waals surface area contributed by atoms with Crippen LogP contribution in [0.5, 0.6) is 0 Å². The number of aryl methyl sites for hydroxylation is 1. The minimum absolute atomic E-state index is 0.134. The Labute approximate surface area is 125 Å². The van der Waals surface area contributed by atoms with Crippen molar-refractivity contribution in [2.24, 2.45) is 0 Å². The first-order chi connectivity index (χ1) is 10.2. The Kier molecular flexibility index (Phi) is 3.94. The second-order valence-electron chi connectivity index (χ2n) is 6.12. The Morgan fingerprint density at radius 2 is 2.19 bits per heavy atom. The summed E-state index contributed by atoms with van der Waals surface area (Å²) in [6.07, 6.45) is 5.28. The van der Waals surface area contributed by atoms with E-state index in [1.54, 1.807) is 0 Å². The minimum Gasteiger partial charge on any atom is -0.469 e. The summed E-state index contributed by atoms with van der Waals surface area (Å²) < 4.78 is 4.80. The molecule has 2 aliphatic carbocycles. The van der Waals surface area contributed by atoms with Crippen LogP contribution >= 0.6 is 0 Å². The van der Waals surface area contributed by atoms with Gasteiger partial charge < -0.3 is 4.74 Å². The zero-order chi connectivity index (χ0) is 14.8. The lowest BCUT2D eigenvalue weighted by atomic mass is 9.91. The number of hydrogen-bond donors (Lipinski definition) is 0. The predicted octanol–water partition coefficient (Wildman–Crippen LogP) is 3.31. The van der Waals surface area contributed by atoms with E-state index in [-0.39, 0.29) is 11.9 Å². The Morgan fingerprint density at radius 1 is 1.33 bits per heavy atom. The van der Waals surface area contributed by atoms with Crippen molar-refractivity contribution in [3.05, 3.63) is 40.5 Å². The summed E-state index contributed by atoms with van der Waals surface area (Å²) in [5.41, 5.74) is 4.88. The molecule has 0 aromatic heterocycles. The maximum atomic E-state index is 11.5. The molecule has 3 heteroatoms. The number of rotatable bonds is 3. The number of fused-ring (bicyclic) bond motifs is 1. The second-order valence-corrected chi connectivity index (χ2v) is 6.12. The van der Waals surface area contributed by atoms with Crippen LogP contribution in [0, 0.1) is 0 Å². The first-order valence-corrected chi connectivity index (χ1v) is 7.63. The third-order valence-corrected chi connectivity index (χ3v) is 4.92. The molecular weight excluding hydrogens is 264 g/mol. The molecule has 21 heavy (non-hydrogen) atoms. The Balaban J connectivity index is 1.82. The van der Waals surface area contributed by atoms with Gasteiger partial charge in [0.15, 0.2) is 0 Å². The van der Waals surface area contributed by atoms with Crippen LogP contribution in [0.1, 0.15) is 60.6 Å². The van der Waals surface area contributed by atoms with Crippen LogP contribution in [0.3, 0.4) is 0 Å². The fourth-order valence-electron chi connectivity index (χ4n) is 3.68. The maximum absolute atomic E-state index is 11.5. The lowest BCUT2D eigenvalue weighted by molar-refractivity contribution is -0.141. The van der Waals surface area contributed by atoms with Crippen molar-refractivity contribution in [2.45, 2.75) is 50.4 Å². The Hall–Kier alpha value is -1.86. The lowest BCUT2D eigenvalue weighted by Crippen LogP contribution is -2.06. The molecule has 1 fully saturated rings. The van der Waals surface area contributed by atoms with Gasteiger partial charge >= 0.3 is 5.97 Å². The SMILES string of the molecule is COC(=O)C[C@@H]1CCc2ccc(C3CCC(=C=O)C3)cc21. The molecule has 0 amide bonds. The zero-order valence-electron chi connectivity index (χ0n) is 12.4. The van der Waals surface area contributed by atoms with Gasteiger partial charge in [0, 0.05) is 5.57 Å². The number of carbonyl (C=O) groups excluding carboxylic acids is 2. The summed E-state index contributed by atoms with van der Waals surface area (Å²) in [6.45, 7) is 0. The molecular formula is C18H20O3. The summed E-state index contributed by atoms with van der Waals surface area (Å²) in [4.78, 5) is 22.3. The highest BCUT2D eigenvalue weighted by Crippen LogP contribution is 2.41. The van der Waals surface area contributed by atoms with Crippen molar-refractivity contribution in [3.63, 3.8) is 0 Å². The van der Waals surface area contributed by atoms with E-state index < -0.39 is 0 Å². The smallest absolute Gasteiger partial charge is 0.306 e. The predicted molar refractivity (Wildman–Crippen MR) is 79.9 cm³/mol. The number of benzene rings is 1. The van der Waals surface area contributed by atoms with Crippen LogP contribution in [0.4, 0.5) is 0 Å². The fourth-order valence-corrected chi connectivity index (χ4v) is 3.68. The van der Waals surface area contributed by atoms with Crippen molar-refractivity contribution in [1.29, 1.82) is 0 Å². The van der Waals surface area contributed by atoms with Gasteiger partial charge in [0.25, 0.3) is 0 Å². The highest BCUT2D eigenvalue weighted by Gasteiger charge is 2.28. The van der Waals surface area contributed by atoms with Gasteiger partial charge in [-0.25, -0.2) is 4.79 Å². The van der Waals surface area contributed by atoms with Gasteiger partial charge in [-0.2, -0.15) is 0 Å². The van der Waals surface area contributed by atoms with Gasteiger partial charge in [-0.1, -0.05) is 18.2 Å². The van der Waals surface area contributed by atoms with E-state index in [1.807, 2.05) is 0 Å². The normalized spacial score (nSPS) is 23.8. The number of methoxy groups -OCH3 is 1. The maximum Gasteiger partial charge on any atom is 0.306 e. The highest BCUT2D eigenvalue weighted by atomic mass is 16.5. The van der Waals surface area contributed by atoms with Crippen molar-refractivity contribution >= 4 is 11.9 Å². The van der Waals surface area contributed by atoms with E-state index in [9.17, 15) is 9.59 Å². The molecule has 1 saturated carbocycles. The zero-order valence-corrected chi connectivity index (χ0v) is 12.4. The fraction of sp³-hybridized carbons (Fsp3) is 0.500. The third-order valence-electron chi connectivity index (χ3n) is 4.92. The average Bonchev–Trinajstić information content (AvgIpc) is 3.14. The van der Waals surface area contributed by atoms with Gasteiger partial charge in [0.1, 0.15) is 5.94 Å². The van der Waals surface area contributed by atoms with E-state index >= 15 is 0 Å². The average molecular weight is 284 g/mol. The summed E-state index contributed by atoms with van der Waals surface area (Å²) >= 11 is 0. The molecule has 3 rings (SSSR count). The number of allylic oxidation sites excluding steroid dienone is 1. The number of esters is 1. The molecule has 0 aliphatic heterocycles. The lowest BCUT2D eigenvalue weighted by Gasteiger charge is -2.14. The Morgan fingerprint density at radius 3 is 2.90 bits per heavy atom. The topological polar surface area (TPSA) is 43.4 Å². The van der Waals surface area contributed by atoms with Gasteiger partial charge in [0.2, 0.25) is 0 Å². The van der Waals surface area contributed by atoms with Gasteiger partial charge in [-0.3, -0.25) is 4.79 Å². The first kappa shape index (κ1) is 14.1. The molecule has 1 aromatic rings. The summed E-state index contributed by atoms with van der Waals surface area (Å²) in [5, 5.41) is 0. The molecule has 2 atom stereocenters. The monoisotopic (exact) mass is 284 g/mol. The number of hydrogen-bond acceptors (Lipinski definition) is 3. The van der Waals surface area contributed by atoms with Gasteiger partial charge in [-0.05, 0) is 60.6 Å². The van der Waals surface area contributed by atoms with Gasteiger partial charge in [-0.15, -0.1) is 0 Å². The van der Waals surface area contributed by atoms with Crippen LogP contribution in [-0.4, -0.2) is 19.0 Å². The molecule has 0 N–H and O–H groups in total. The molecule has 0 heterocycles. The quantitative estimate of drug-likeness (QED) is 0.632. The number of ether oxygens (including phenoxy) is 1. The largest absolute Gasteiger partial charge is 0.469 e. The minimum atomic E-state index is -0.134. The van der Waals surface area contributed by atoms with Crippen molar-refractivity contribution < 1.29 is 14.3 Å². The standard InChI is InChI=1S/C18H20O3/c1-21-18(20)10-16-7-5-13-4-6-15(9-17(13)16)14-3-2-12(8-14)11-19/h4,6,9,14,16H,2-3,5,7-8,10H2,1H3/t14?,16-/m0/s1. The molecule has 0 radical (unpaired) electrons. The van der Waals surface area contributed by atoms with Crippen LogP contribution in [0.2, 0.25) is 0 Å². The van der Waals surface area contributed by atoms with E-state index in [4.69, 9.17) is 4.74 Å². The molecule has 0 saturated heterocycles. The molecule has 3 nitrogen and oxygen atoms in total. The Bertz CT molecular complexity index is 611. The third kappa shape index (κ3) is 2.79. The van der Waals surface area contributed by atoms with E-state index in [0.717, 1.165) is 37.7 Å². The van der Waals surface area contributed by atoms with E-state index in [0.29, 0.717) is 12.3 Å². The van der Waals surface area contributed by atoms with Crippen LogP contribution < -0.4 is 0 Å². The molecule has 1 aromatic carbocycles. The number of carbonyl (C=O) groups is 1. The van der Waals surface area contributed by atoms with Crippen LogP contribution in [0.25, 0.3) is 0 Å². The molecule has 0 spiro atoms. The molecule has 2 aliphatic rings. The van der Waals surface area contributed by atoms with Crippen molar-refractivity contribution in [2.75, 3.05) is 7.11 Å². The van der Waals surface area contributed by atoms with Crippen molar-refractivity contribution in [1.82, 2.24) is 0 Å². The van der Waals surface area contributed by atoms with E-state index in [1.165, 1.54) is 23.8 Å². The molecule has 0 bridgehead atoms. The summed E-state index contributed by atoms with van der Waals surface area (Å²) in [7, 11) is 1.44. The summed E-state index contributed by atoms with van der Waals surface area (Å²) in [5.74, 6) is 2.65. The van der Waals surface area contributed by atoms with Crippen LogP contribution in [0.15, 0.2) is 23.8 Å². The molecule has 1 unspecified atom stereocenters. The van der Waals surface area contributed by atoms with Gasteiger partial charge in [0.05, 0.1) is 13.5 Å². The summed E-state index contributed by atoms with van der Waals surface area (Å²) in [6, 6.07) is 6.65.